The predicted molar refractivity (Wildman–Crippen MR) is 94.7 cm³/mol. The lowest BCUT2D eigenvalue weighted by Crippen LogP contribution is -2.40. The zero-order chi connectivity index (χ0) is 18.0. The van der Waals surface area contributed by atoms with E-state index in [0.717, 1.165) is 31.1 Å². The summed E-state index contributed by atoms with van der Waals surface area (Å²) in [6.45, 7) is 1.71. The second-order valence-corrected chi connectivity index (χ2v) is 6.49. The van der Waals surface area contributed by atoms with Crippen LogP contribution in [0.5, 0.6) is 0 Å². The zero-order valence-corrected chi connectivity index (χ0v) is 14.5. The number of carbonyl (C=O) groups is 2. The smallest absolute Gasteiger partial charge is 0.337 e. The van der Waals surface area contributed by atoms with Crippen molar-refractivity contribution in [3.05, 3.63) is 46.4 Å². The molecule has 1 heterocycles. The number of hydrogen-bond donors (Lipinski definition) is 1. The molecule has 0 bridgehead atoms. The summed E-state index contributed by atoms with van der Waals surface area (Å²) in [4.78, 5) is 37.0. The largest absolute Gasteiger partial charge is 0.465 e. The van der Waals surface area contributed by atoms with Gasteiger partial charge in [-0.3, -0.25) is 9.59 Å². The van der Waals surface area contributed by atoms with Crippen LogP contribution in [-0.4, -0.2) is 29.6 Å². The first-order valence-electron chi connectivity index (χ1n) is 8.55. The molecule has 3 rings (SSSR count). The number of esters is 1. The molecule has 1 fully saturated rings. The number of pyridine rings is 1. The molecule has 1 N–H and O–H groups in total. The first kappa shape index (κ1) is 17.2. The Morgan fingerprint density at radius 3 is 2.64 bits per heavy atom. The summed E-state index contributed by atoms with van der Waals surface area (Å²) >= 11 is 0. The van der Waals surface area contributed by atoms with Gasteiger partial charge in [-0.2, -0.15) is 0 Å². The fraction of sp³-hybridized carbons (Fsp3) is 0.421. The van der Waals surface area contributed by atoms with Crippen molar-refractivity contribution < 1.29 is 14.3 Å². The third kappa shape index (κ3) is 3.43. The van der Waals surface area contributed by atoms with Crippen LogP contribution in [0.25, 0.3) is 10.8 Å². The van der Waals surface area contributed by atoms with E-state index in [1.165, 1.54) is 17.7 Å². The van der Waals surface area contributed by atoms with Crippen molar-refractivity contribution in [1.82, 2.24) is 9.88 Å². The average molecular weight is 342 g/mol. The first-order chi connectivity index (χ1) is 12.0. The van der Waals surface area contributed by atoms with E-state index in [1.54, 1.807) is 31.3 Å². The molecule has 1 amide bonds. The van der Waals surface area contributed by atoms with E-state index >= 15 is 0 Å². The topological polar surface area (TPSA) is 77.4 Å². The third-order valence-electron chi connectivity index (χ3n) is 4.85. The molecular formula is C19H22N2O4. The normalized spacial score (nSPS) is 15.9. The van der Waals surface area contributed by atoms with Gasteiger partial charge >= 0.3 is 5.97 Å². The highest BCUT2D eigenvalue weighted by atomic mass is 16.5. The SMILES string of the molecule is COC(=O)c1ccc2ccn(C(C)C(=O)NC3CCCC3)c(=O)c2c1. The summed E-state index contributed by atoms with van der Waals surface area (Å²) < 4.78 is 6.11. The van der Waals surface area contributed by atoms with Crippen LogP contribution in [0, 0.1) is 0 Å². The molecule has 6 nitrogen and oxygen atoms in total. The number of carbonyl (C=O) groups excluding carboxylic acids is 2. The van der Waals surface area contributed by atoms with Gasteiger partial charge in [0.25, 0.3) is 5.56 Å². The highest BCUT2D eigenvalue weighted by Gasteiger charge is 2.22. The van der Waals surface area contributed by atoms with Crippen molar-refractivity contribution in [1.29, 1.82) is 0 Å². The average Bonchev–Trinajstić information content (AvgIpc) is 3.13. The number of methoxy groups -OCH3 is 1. The molecule has 6 heteroatoms. The Labute approximate surface area is 145 Å². The lowest BCUT2D eigenvalue weighted by atomic mass is 10.1. The molecule has 1 saturated carbocycles. The van der Waals surface area contributed by atoms with Crippen LogP contribution in [-0.2, 0) is 9.53 Å². The van der Waals surface area contributed by atoms with Gasteiger partial charge in [0.05, 0.1) is 12.7 Å². The van der Waals surface area contributed by atoms with Crippen molar-refractivity contribution in [2.24, 2.45) is 0 Å². The lowest BCUT2D eigenvalue weighted by Gasteiger charge is -2.19. The lowest BCUT2D eigenvalue weighted by molar-refractivity contribution is -0.124. The molecule has 0 radical (unpaired) electrons. The van der Waals surface area contributed by atoms with Gasteiger partial charge < -0.3 is 14.6 Å². The van der Waals surface area contributed by atoms with Gasteiger partial charge in [0.15, 0.2) is 0 Å². The molecule has 1 aliphatic rings. The first-order valence-corrected chi connectivity index (χ1v) is 8.55. The van der Waals surface area contributed by atoms with Crippen LogP contribution in [0.4, 0.5) is 0 Å². The maximum atomic E-state index is 12.8. The van der Waals surface area contributed by atoms with E-state index in [9.17, 15) is 14.4 Å². The maximum Gasteiger partial charge on any atom is 0.337 e. The fourth-order valence-electron chi connectivity index (χ4n) is 3.32. The van der Waals surface area contributed by atoms with E-state index < -0.39 is 12.0 Å². The number of nitrogens with zero attached hydrogens (tertiary/aromatic N) is 1. The van der Waals surface area contributed by atoms with Crippen LogP contribution in [0.3, 0.4) is 0 Å². The maximum absolute atomic E-state index is 12.8. The molecule has 1 atom stereocenters. The minimum atomic E-state index is -0.612. The molecule has 132 valence electrons. The van der Waals surface area contributed by atoms with E-state index in [2.05, 4.69) is 5.32 Å². The molecule has 2 aromatic rings. The predicted octanol–water partition coefficient (Wildman–Crippen LogP) is 2.41. The molecule has 0 aliphatic heterocycles. The fourth-order valence-corrected chi connectivity index (χ4v) is 3.32. The second kappa shape index (κ2) is 7.09. The van der Waals surface area contributed by atoms with E-state index in [4.69, 9.17) is 4.74 Å². The van der Waals surface area contributed by atoms with Crippen LogP contribution < -0.4 is 10.9 Å². The molecule has 0 saturated heterocycles. The number of amides is 1. The highest BCUT2D eigenvalue weighted by molar-refractivity contribution is 5.95. The summed E-state index contributed by atoms with van der Waals surface area (Å²) in [7, 11) is 1.30. The minimum absolute atomic E-state index is 0.155. The highest BCUT2D eigenvalue weighted by Crippen LogP contribution is 2.19. The minimum Gasteiger partial charge on any atom is -0.465 e. The molecule has 1 aromatic carbocycles. The summed E-state index contributed by atoms with van der Waals surface area (Å²) in [6.07, 6.45) is 5.87. The Bertz CT molecular complexity index is 865. The molecule has 1 aromatic heterocycles. The molecular weight excluding hydrogens is 320 g/mol. The van der Waals surface area contributed by atoms with Gasteiger partial charge in [-0.1, -0.05) is 18.9 Å². The molecule has 0 spiro atoms. The Kier molecular flexibility index (Phi) is 4.88. The van der Waals surface area contributed by atoms with E-state index in [-0.39, 0.29) is 17.5 Å². The standard InChI is InChI=1S/C19H22N2O4/c1-12(17(22)20-15-5-3-4-6-15)21-10-9-13-7-8-14(19(24)25-2)11-16(13)18(21)23/h7-12,15H,3-6H2,1-2H3,(H,20,22). The van der Waals surface area contributed by atoms with Crippen LogP contribution >= 0.6 is 0 Å². The second-order valence-electron chi connectivity index (χ2n) is 6.49. The number of rotatable bonds is 4. The molecule has 1 unspecified atom stereocenters. The monoisotopic (exact) mass is 342 g/mol. The summed E-state index contributed by atoms with van der Waals surface area (Å²) in [6, 6.07) is 6.21. The van der Waals surface area contributed by atoms with E-state index in [1.807, 2.05) is 0 Å². The number of nitrogens with one attached hydrogen (secondary N) is 1. The van der Waals surface area contributed by atoms with Gasteiger partial charge in [-0.15, -0.1) is 0 Å². The summed E-state index contributed by atoms with van der Waals surface area (Å²) in [5, 5.41) is 4.13. The Balaban J connectivity index is 1.92. The summed E-state index contributed by atoms with van der Waals surface area (Å²) in [5.74, 6) is -0.652. The van der Waals surface area contributed by atoms with Crippen molar-refractivity contribution in [3.63, 3.8) is 0 Å². The molecule has 1 aliphatic carbocycles. The van der Waals surface area contributed by atoms with Crippen molar-refractivity contribution >= 4 is 22.6 Å². The number of hydrogen-bond acceptors (Lipinski definition) is 4. The van der Waals surface area contributed by atoms with Gasteiger partial charge in [-0.05, 0) is 43.4 Å². The van der Waals surface area contributed by atoms with Crippen LogP contribution in [0.2, 0.25) is 0 Å². The number of benzene rings is 1. The van der Waals surface area contributed by atoms with Crippen molar-refractivity contribution in [2.75, 3.05) is 7.11 Å². The number of aromatic nitrogens is 1. The van der Waals surface area contributed by atoms with Crippen molar-refractivity contribution in [3.8, 4) is 0 Å². The number of fused-ring (bicyclic) bond motifs is 1. The van der Waals surface area contributed by atoms with Crippen LogP contribution in [0.1, 0.15) is 49.0 Å². The molecule has 25 heavy (non-hydrogen) atoms. The Morgan fingerprint density at radius 1 is 1.24 bits per heavy atom. The Morgan fingerprint density at radius 2 is 1.96 bits per heavy atom. The van der Waals surface area contributed by atoms with Gasteiger partial charge in [0, 0.05) is 17.6 Å². The Hall–Kier alpha value is -2.63. The van der Waals surface area contributed by atoms with E-state index in [0.29, 0.717) is 10.9 Å². The quantitative estimate of drug-likeness (QED) is 0.866. The van der Waals surface area contributed by atoms with Gasteiger partial charge in [0.2, 0.25) is 5.91 Å². The van der Waals surface area contributed by atoms with Gasteiger partial charge in [0.1, 0.15) is 6.04 Å². The zero-order valence-electron chi connectivity index (χ0n) is 14.5. The van der Waals surface area contributed by atoms with Gasteiger partial charge in [-0.25, -0.2) is 4.79 Å². The van der Waals surface area contributed by atoms with Crippen LogP contribution in [0.15, 0.2) is 35.3 Å². The third-order valence-corrected chi connectivity index (χ3v) is 4.85. The number of ether oxygens (including phenoxy) is 1. The van der Waals surface area contributed by atoms with Crippen molar-refractivity contribution in [2.45, 2.75) is 44.7 Å². The summed E-state index contributed by atoms with van der Waals surface area (Å²) in [5.41, 5.74) is 0.0187.